The Labute approximate surface area is 157 Å². The molecule has 0 spiro atoms. The normalized spacial score (nSPS) is 11.9. The van der Waals surface area contributed by atoms with Gasteiger partial charge in [0.2, 0.25) is 5.88 Å². The van der Waals surface area contributed by atoms with E-state index >= 15 is 0 Å². The number of pyridine rings is 2. The predicted octanol–water partition coefficient (Wildman–Crippen LogP) is 3.51. The lowest BCUT2D eigenvalue weighted by atomic mass is 10.2. The van der Waals surface area contributed by atoms with Crippen LogP contribution in [0.3, 0.4) is 0 Å². The Morgan fingerprint density at radius 1 is 1.18 bits per heavy atom. The second-order valence-electron chi connectivity index (χ2n) is 6.26. The van der Waals surface area contributed by atoms with Gasteiger partial charge in [-0.15, -0.1) is 0 Å². The van der Waals surface area contributed by atoms with Crippen molar-refractivity contribution in [2.24, 2.45) is 0 Å². The first-order chi connectivity index (χ1) is 13.4. The second kappa shape index (κ2) is 6.95. The maximum Gasteiger partial charge on any atom is 0.422 e. The minimum atomic E-state index is -4.40. The van der Waals surface area contributed by atoms with Crippen LogP contribution in [0.4, 0.5) is 13.2 Å². The Morgan fingerprint density at radius 2 is 2.04 bits per heavy atom. The molecule has 0 aromatic carbocycles. The molecule has 4 rings (SSSR count). The monoisotopic (exact) mass is 388 g/mol. The maximum absolute atomic E-state index is 12.3. The predicted molar refractivity (Wildman–Crippen MR) is 94.7 cm³/mol. The first-order valence-electron chi connectivity index (χ1n) is 8.36. The van der Waals surface area contributed by atoms with Crippen LogP contribution >= 0.6 is 0 Å². The minimum Gasteiger partial charge on any atom is -0.468 e. The molecule has 28 heavy (non-hydrogen) atoms. The van der Waals surface area contributed by atoms with Gasteiger partial charge >= 0.3 is 6.18 Å². The topological polar surface area (TPSA) is 81.5 Å². The van der Waals surface area contributed by atoms with Crippen LogP contribution in [0.25, 0.3) is 22.3 Å². The van der Waals surface area contributed by atoms with Gasteiger partial charge in [-0.05, 0) is 30.7 Å². The first kappa shape index (κ1) is 18.0. The van der Waals surface area contributed by atoms with Crippen molar-refractivity contribution in [3.8, 4) is 17.3 Å². The number of H-pyrrole nitrogens is 1. The van der Waals surface area contributed by atoms with Crippen LogP contribution in [0.1, 0.15) is 11.1 Å². The Morgan fingerprint density at radius 3 is 2.75 bits per heavy atom. The van der Waals surface area contributed by atoms with Gasteiger partial charge in [0.1, 0.15) is 0 Å². The SMILES string of the molecule is Cc1cc(Cn2cc3c(-c4ccn[nH]4)nccc3n2)cnc1OCC(F)(F)F. The molecule has 0 atom stereocenters. The Kier molecular flexibility index (Phi) is 4.46. The first-order valence-corrected chi connectivity index (χ1v) is 8.36. The molecule has 0 saturated heterocycles. The highest BCUT2D eigenvalue weighted by molar-refractivity contribution is 5.90. The van der Waals surface area contributed by atoms with E-state index in [2.05, 4.69) is 25.3 Å². The van der Waals surface area contributed by atoms with Gasteiger partial charge in [-0.1, -0.05) is 0 Å². The summed E-state index contributed by atoms with van der Waals surface area (Å²) in [6.45, 7) is 0.695. The number of rotatable bonds is 5. The smallest absolute Gasteiger partial charge is 0.422 e. The Hall–Kier alpha value is -3.43. The molecule has 0 amide bonds. The molecule has 0 aliphatic heterocycles. The largest absolute Gasteiger partial charge is 0.468 e. The lowest BCUT2D eigenvalue weighted by molar-refractivity contribution is -0.154. The van der Waals surface area contributed by atoms with E-state index in [1.54, 1.807) is 30.1 Å². The fourth-order valence-electron chi connectivity index (χ4n) is 2.87. The molecular formula is C18H15F3N6O. The van der Waals surface area contributed by atoms with Crippen LogP contribution in [0.5, 0.6) is 5.88 Å². The van der Waals surface area contributed by atoms with Crippen molar-refractivity contribution in [2.45, 2.75) is 19.6 Å². The molecule has 0 fully saturated rings. The highest BCUT2D eigenvalue weighted by atomic mass is 19.4. The highest BCUT2D eigenvalue weighted by Crippen LogP contribution is 2.25. The zero-order chi connectivity index (χ0) is 19.7. The molecule has 4 heterocycles. The van der Waals surface area contributed by atoms with Crippen molar-refractivity contribution < 1.29 is 17.9 Å². The summed E-state index contributed by atoms with van der Waals surface area (Å²) in [5, 5.41) is 12.2. The number of halogens is 3. The van der Waals surface area contributed by atoms with E-state index in [0.29, 0.717) is 12.1 Å². The van der Waals surface area contributed by atoms with Crippen LogP contribution in [0.2, 0.25) is 0 Å². The molecule has 0 unspecified atom stereocenters. The summed E-state index contributed by atoms with van der Waals surface area (Å²) in [5.41, 5.74) is 3.62. The molecule has 4 aromatic heterocycles. The zero-order valence-corrected chi connectivity index (χ0v) is 14.7. The van der Waals surface area contributed by atoms with E-state index in [-0.39, 0.29) is 5.88 Å². The number of hydrogen-bond donors (Lipinski definition) is 1. The quantitative estimate of drug-likeness (QED) is 0.566. The number of fused-ring (bicyclic) bond motifs is 1. The van der Waals surface area contributed by atoms with Crippen LogP contribution in [-0.4, -0.2) is 42.7 Å². The van der Waals surface area contributed by atoms with E-state index in [9.17, 15) is 13.2 Å². The lowest BCUT2D eigenvalue weighted by Gasteiger charge is -2.11. The number of nitrogens with zero attached hydrogens (tertiary/aromatic N) is 5. The number of aromatic nitrogens is 6. The molecule has 0 radical (unpaired) electrons. The van der Waals surface area contributed by atoms with Crippen molar-refractivity contribution in [1.82, 2.24) is 29.9 Å². The van der Waals surface area contributed by atoms with Gasteiger partial charge < -0.3 is 4.74 Å². The molecular weight excluding hydrogens is 373 g/mol. The van der Waals surface area contributed by atoms with Gasteiger partial charge in [-0.3, -0.25) is 14.8 Å². The molecule has 7 nitrogen and oxygen atoms in total. The molecule has 0 saturated carbocycles. The standard InChI is InChI=1S/C18H15F3N6O/c1-11-6-12(7-23-17(11)28-10-18(19,20)21)8-27-9-13-14(26-27)2-4-22-16(13)15-3-5-24-25-15/h2-7,9H,8,10H2,1H3,(H,24,25). The van der Waals surface area contributed by atoms with Gasteiger partial charge in [0.05, 0.1) is 23.4 Å². The Bertz CT molecular complexity index is 1100. The van der Waals surface area contributed by atoms with E-state index in [4.69, 9.17) is 4.74 Å². The van der Waals surface area contributed by atoms with Gasteiger partial charge in [-0.2, -0.15) is 23.4 Å². The van der Waals surface area contributed by atoms with Crippen LogP contribution in [0.15, 0.2) is 43.0 Å². The molecule has 0 aliphatic rings. The van der Waals surface area contributed by atoms with Crippen LogP contribution < -0.4 is 4.74 Å². The van der Waals surface area contributed by atoms with Gasteiger partial charge in [0.15, 0.2) is 6.61 Å². The summed E-state index contributed by atoms with van der Waals surface area (Å²) in [4.78, 5) is 8.39. The van der Waals surface area contributed by atoms with Crippen molar-refractivity contribution in [3.63, 3.8) is 0 Å². The van der Waals surface area contributed by atoms with E-state index in [1.807, 2.05) is 18.3 Å². The van der Waals surface area contributed by atoms with Gasteiger partial charge in [-0.25, -0.2) is 4.98 Å². The van der Waals surface area contributed by atoms with E-state index < -0.39 is 12.8 Å². The van der Waals surface area contributed by atoms with Gasteiger partial charge in [0, 0.05) is 35.7 Å². The van der Waals surface area contributed by atoms with Crippen molar-refractivity contribution in [2.75, 3.05) is 6.61 Å². The summed E-state index contributed by atoms with van der Waals surface area (Å²) >= 11 is 0. The van der Waals surface area contributed by atoms with Crippen LogP contribution in [-0.2, 0) is 6.54 Å². The number of aryl methyl sites for hydroxylation is 1. The molecule has 0 aliphatic carbocycles. The summed E-state index contributed by atoms with van der Waals surface area (Å²) in [7, 11) is 0. The van der Waals surface area contributed by atoms with Crippen molar-refractivity contribution in [1.29, 1.82) is 0 Å². The number of nitrogens with one attached hydrogen (secondary N) is 1. The Balaban J connectivity index is 1.57. The minimum absolute atomic E-state index is 0.0302. The number of aromatic amines is 1. The summed E-state index contributed by atoms with van der Waals surface area (Å²) in [6.07, 6.45) is 2.27. The fraction of sp³-hybridized carbons (Fsp3) is 0.222. The number of ether oxygens (including phenoxy) is 1. The average molecular weight is 388 g/mol. The van der Waals surface area contributed by atoms with E-state index in [1.165, 1.54) is 6.20 Å². The molecule has 1 N–H and O–H groups in total. The number of alkyl halides is 3. The average Bonchev–Trinajstić information content (AvgIpc) is 3.29. The second-order valence-corrected chi connectivity index (χ2v) is 6.26. The molecule has 4 aromatic rings. The third-order valence-corrected chi connectivity index (χ3v) is 4.04. The molecule has 10 heteroatoms. The molecule has 144 valence electrons. The van der Waals surface area contributed by atoms with Crippen molar-refractivity contribution >= 4 is 10.9 Å². The van der Waals surface area contributed by atoms with Crippen LogP contribution in [0, 0.1) is 6.92 Å². The van der Waals surface area contributed by atoms with Gasteiger partial charge in [0.25, 0.3) is 0 Å². The third kappa shape index (κ3) is 3.80. The third-order valence-electron chi connectivity index (χ3n) is 4.04. The van der Waals surface area contributed by atoms with Crippen molar-refractivity contribution in [3.05, 3.63) is 54.1 Å². The maximum atomic E-state index is 12.3. The molecule has 0 bridgehead atoms. The zero-order valence-electron chi connectivity index (χ0n) is 14.7. The lowest BCUT2D eigenvalue weighted by Crippen LogP contribution is -2.20. The summed E-state index contributed by atoms with van der Waals surface area (Å²) in [6, 6.07) is 5.37. The van der Waals surface area contributed by atoms with E-state index in [0.717, 1.165) is 27.9 Å². The summed E-state index contributed by atoms with van der Waals surface area (Å²) < 4.78 is 43.4. The summed E-state index contributed by atoms with van der Waals surface area (Å²) in [5.74, 6) is -0.0302. The highest BCUT2D eigenvalue weighted by Gasteiger charge is 2.29. The number of hydrogen-bond acceptors (Lipinski definition) is 5. The fourth-order valence-corrected chi connectivity index (χ4v) is 2.87.